The van der Waals surface area contributed by atoms with Crippen LogP contribution in [-0.4, -0.2) is 59.9 Å². The van der Waals surface area contributed by atoms with Crippen molar-refractivity contribution in [3.8, 4) is 5.75 Å². The number of ether oxygens (including phenoxy) is 1. The Balaban J connectivity index is 1.31. The van der Waals surface area contributed by atoms with Gasteiger partial charge < -0.3 is 15.0 Å². The zero-order valence-corrected chi connectivity index (χ0v) is 18.3. The van der Waals surface area contributed by atoms with E-state index in [9.17, 15) is 9.59 Å². The van der Waals surface area contributed by atoms with Gasteiger partial charge in [0, 0.05) is 45.6 Å². The molecule has 1 atom stereocenters. The average Bonchev–Trinajstić information content (AvgIpc) is 2.79. The monoisotopic (exact) mass is 441 g/mol. The number of rotatable bonds is 6. The van der Waals surface area contributed by atoms with Gasteiger partial charge in [0.25, 0.3) is 0 Å². The Kier molecular flexibility index (Phi) is 7.10. The van der Waals surface area contributed by atoms with Crippen LogP contribution in [0.4, 0.5) is 0 Å². The molecule has 2 aromatic rings. The Bertz CT molecular complexity index is 900. The molecule has 0 aliphatic carbocycles. The zero-order chi connectivity index (χ0) is 21.6. The quantitative estimate of drug-likeness (QED) is 0.748. The van der Waals surface area contributed by atoms with Crippen molar-refractivity contribution in [2.75, 3.05) is 26.2 Å². The van der Waals surface area contributed by atoms with Crippen LogP contribution in [0.1, 0.15) is 24.8 Å². The van der Waals surface area contributed by atoms with E-state index in [2.05, 4.69) is 22.3 Å². The van der Waals surface area contributed by atoms with Gasteiger partial charge in [-0.3, -0.25) is 14.5 Å². The Labute approximate surface area is 188 Å². The van der Waals surface area contributed by atoms with Gasteiger partial charge in [-0.25, -0.2) is 0 Å². The normalized spacial score (nSPS) is 20.4. The minimum atomic E-state index is -0.432. The maximum absolute atomic E-state index is 13.0. The maximum atomic E-state index is 13.0. The highest BCUT2D eigenvalue weighted by Gasteiger charge is 2.34. The summed E-state index contributed by atoms with van der Waals surface area (Å²) in [4.78, 5) is 29.5. The number of nitrogens with one attached hydrogen (secondary N) is 1. The van der Waals surface area contributed by atoms with Crippen LogP contribution in [0.25, 0.3) is 0 Å². The number of piperidine rings is 1. The van der Waals surface area contributed by atoms with Crippen molar-refractivity contribution in [2.24, 2.45) is 0 Å². The third kappa shape index (κ3) is 5.57. The molecule has 0 saturated carbocycles. The zero-order valence-electron chi connectivity index (χ0n) is 17.5. The predicted molar refractivity (Wildman–Crippen MR) is 120 cm³/mol. The van der Waals surface area contributed by atoms with Gasteiger partial charge in [-0.2, -0.15) is 0 Å². The van der Waals surface area contributed by atoms with Crippen LogP contribution >= 0.6 is 11.6 Å². The first-order valence-corrected chi connectivity index (χ1v) is 11.2. The molecule has 2 heterocycles. The van der Waals surface area contributed by atoms with Gasteiger partial charge in [0.2, 0.25) is 11.8 Å². The van der Waals surface area contributed by atoms with Crippen LogP contribution in [0.15, 0.2) is 54.6 Å². The summed E-state index contributed by atoms with van der Waals surface area (Å²) in [5, 5.41) is 3.51. The first-order valence-electron chi connectivity index (χ1n) is 10.8. The molecule has 6 nitrogen and oxygen atoms in total. The number of amides is 2. The van der Waals surface area contributed by atoms with Crippen LogP contribution in [0.3, 0.4) is 0 Å². The molecule has 2 fully saturated rings. The summed E-state index contributed by atoms with van der Waals surface area (Å²) < 4.78 is 6.02. The third-order valence-electron chi connectivity index (χ3n) is 5.96. The van der Waals surface area contributed by atoms with E-state index in [4.69, 9.17) is 16.3 Å². The van der Waals surface area contributed by atoms with Crippen LogP contribution in [0.5, 0.6) is 5.75 Å². The summed E-state index contributed by atoms with van der Waals surface area (Å²) in [6.07, 6.45) is 1.74. The number of piperazine rings is 1. The summed E-state index contributed by atoms with van der Waals surface area (Å²) in [5.41, 5.74) is 1.15. The number of hydrogen-bond acceptors (Lipinski definition) is 4. The molecule has 2 aliphatic heterocycles. The number of benzene rings is 2. The number of nitrogens with zero attached hydrogens (tertiary/aromatic N) is 2. The molecule has 1 N–H and O–H groups in total. The minimum Gasteiger partial charge on any atom is -0.489 e. The molecule has 1 unspecified atom stereocenters. The highest BCUT2D eigenvalue weighted by Crippen LogP contribution is 2.27. The van der Waals surface area contributed by atoms with Crippen molar-refractivity contribution in [1.29, 1.82) is 0 Å². The number of likely N-dealkylation sites (tertiary alicyclic amines) is 1. The average molecular weight is 442 g/mol. The van der Waals surface area contributed by atoms with Gasteiger partial charge in [0.1, 0.15) is 11.9 Å². The fourth-order valence-electron chi connectivity index (χ4n) is 4.23. The van der Waals surface area contributed by atoms with Crippen molar-refractivity contribution < 1.29 is 14.3 Å². The Morgan fingerprint density at radius 1 is 1.03 bits per heavy atom. The van der Waals surface area contributed by atoms with Gasteiger partial charge in [-0.15, -0.1) is 0 Å². The number of halogens is 1. The number of carbonyl (C=O) groups is 2. The van der Waals surface area contributed by atoms with E-state index in [1.165, 1.54) is 0 Å². The summed E-state index contributed by atoms with van der Waals surface area (Å²) >= 11 is 6.18. The molecule has 2 saturated heterocycles. The standard InChI is InChI=1S/C24H28ClN3O3/c25-20-8-4-5-9-22(20)31-19-10-13-27(14-11-19)23(29)16-21-24(30)26-12-15-28(21)17-18-6-2-1-3-7-18/h1-9,19,21H,10-17H2,(H,26,30). The van der Waals surface area contributed by atoms with E-state index in [-0.39, 0.29) is 24.3 Å². The van der Waals surface area contributed by atoms with Crippen molar-refractivity contribution in [3.63, 3.8) is 0 Å². The first kappa shape index (κ1) is 21.7. The van der Waals surface area contributed by atoms with Gasteiger partial charge >= 0.3 is 0 Å². The highest BCUT2D eigenvalue weighted by atomic mass is 35.5. The maximum Gasteiger partial charge on any atom is 0.237 e. The second-order valence-corrected chi connectivity index (χ2v) is 8.50. The topological polar surface area (TPSA) is 61.9 Å². The largest absolute Gasteiger partial charge is 0.489 e. The van der Waals surface area contributed by atoms with E-state index < -0.39 is 6.04 Å². The predicted octanol–water partition coefficient (Wildman–Crippen LogP) is 3.10. The van der Waals surface area contributed by atoms with Crippen molar-refractivity contribution >= 4 is 23.4 Å². The number of para-hydroxylation sites is 1. The van der Waals surface area contributed by atoms with Gasteiger partial charge in [-0.1, -0.05) is 54.1 Å². The van der Waals surface area contributed by atoms with E-state index in [0.29, 0.717) is 37.0 Å². The lowest BCUT2D eigenvalue weighted by Crippen LogP contribution is -2.56. The summed E-state index contributed by atoms with van der Waals surface area (Å²) in [6.45, 7) is 3.27. The minimum absolute atomic E-state index is 0.0244. The molecular weight excluding hydrogens is 414 g/mol. The summed E-state index contributed by atoms with van der Waals surface area (Å²) in [7, 11) is 0. The molecule has 0 radical (unpaired) electrons. The van der Waals surface area contributed by atoms with Crippen LogP contribution in [0, 0.1) is 0 Å². The Morgan fingerprint density at radius 2 is 1.74 bits per heavy atom. The molecule has 7 heteroatoms. The Morgan fingerprint density at radius 3 is 2.48 bits per heavy atom. The summed E-state index contributed by atoms with van der Waals surface area (Å²) in [6, 6.07) is 17.1. The van der Waals surface area contributed by atoms with Crippen molar-refractivity contribution in [1.82, 2.24) is 15.1 Å². The SMILES string of the molecule is O=C1NCCN(Cc2ccccc2)C1CC(=O)N1CCC(Oc2ccccc2Cl)CC1. The van der Waals surface area contributed by atoms with E-state index in [1.807, 2.05) is 47.4 Å². The molecule has 31 heavy (non-hydrogen) atoms. The van der Waals surface area contributed by atoms with Gasteiger partial charge in [0.05, 0.1) is 17.5 Å². The fourth-order valence-corrected chi connectivity index (χ4v) is 4.41. The van der Waals surface area contributed by atoms with E-state index in [1.54, 1.807) is 0 Å². The van der Waals surface area contributed by atoms with Gasteiger partial charge in [0.15, 0.2) is 0 Å². The van der Waals surface area contributed by atoms with Crippen LogP contribution < -0.4 is 10.1 Å². The van der Waals surface area contributed by atoms with E-state index >= 15 is 0 Å². The summed E-state index contributed by atoms with van der Waals surface area (Å²) in [5.74, 6) is 0.646. The molecule has 2 aromatic carbocycles. The van der Waals surface area contributed by atoms with Gasteiger partial charge in [-0.05, 0) is 17.7 Å². The lowest BCUT2D eigenvalue weighted by Gasteiger charge is -2.37. The van der Waals surface area contributed by atoms with Crippen molar-refractivity contribution in [2.45, 2.75) is 38.0 Å². The Hall–Kier alpha value is -2.57. The number of hydrogen-bond donors (Lipinski definition) is 1. The molecule has 2 aliphatic rings. The molecule has 0 aromatic heterocycles. The van der Waals surface area contributed by atoms with E-state index in [0.717, 1.165) is 24.9 Å². The lowest BCUT2D eigenvalue weighted by molar-refractivity contribution is -0.140. The molecule has 0 spiro atoms. The van der Waals surface area contributed by atoms with Crippen LogP contribution in [0.2, 0.25) is 5.02 Å². The second kappa shape index (κ2) is 10.2. The van der Waals surface area contributed by atoms with Crippen LogP contribution in [-0.2, 0) is 16.1 Å². The first-order chi connectivity index (χ1) is 15.1. The molecular formula is C24H28ClN3O3. The molecule has 2 amide bonds. The molecule has 0 bridgehead atoms. The molecule has 164 valence electrons. The fraction of sp³-hybridized carbons (Fsp3) is 0.417. The third-order valence-corrected chi connectivity index (χ3v) is 6.28. The number of carbonyl (C=O) groups excluding carboxylic acids is 2. The smallest absolute Gasteiger partial charge is 0.237 e. The highest BCUT2D eigenvalue weighted by molar-refractivity contribution is 6.32. The second-order valence-electron chi connectivity index (χ2n) is 8.10. The lowest BCUT2D eigenvalue weighted by atomic mass is 10.0. The van der Waals surface area contributed by atoms with Crippen molar-refractivity contribution in [3.05, 3.63) is 65.2 Å². The molecule has 4 rings (SSSR count).